The minimum atomic E-state index is -4.83. The van der Waals surface area contributed by atoms with Gasteiger partial charge in [0.2, 0.25) is 5.13 Å². The molecule has 2 N–H and O–H groups in total. The van der Waals surface area contributed by atoms with Crippen LogP contribution in [0.15, 0.2) is 53.7 Å². The number of fused-ring (bicyclic) bond motifs is 1. The second kappa shape index (κ2) is 9.49. The Morgan fingerprint density at radius 3 is 2.59 bits per heavy atom. The maximum absolute atomic E-state index is 13.8. The van der Waals surface area contributed by atoms with Gasteiger partial charge in [0.15, 0.2) is 5.60 Å². The van der Waals surface area contributed by atoms with E-state index in [0.29, 0.717) is 23.3 Å². The molecule has 0 saturated carbocycles. The Morgan fingerprint density at radius 1 is 1.16 bits per heavy atom. The normalized spacial score (nSPS) is 24.8. The molecule has 0 radical (unpaired) electrons. The number of hydrogen-bond donors (Lipinski definition) is 2. The summed E-state index contributed by atoms with van der Waals surface area (Å²) in [6, 6.07) is 8.27. The third-order valence-corrected chi connectivity index (χ3v) is 8.83. The minimum absolute atomic E-state index is 0.0673. The number of halogens is 4. The summed E-state index contributed by atoms with van der Waals surface area (Å²) < 4.78 is 92.3. The number of likely N-dealkylation sites (tertiary alicyclic amines) is 1. The molecule has 5 rings (SSSR count). The number of alkyl halides is 3. The van der Waals surface area contributed by atoms with Gasteiger partial charge in [-0.15, -0.1) is 0 Å². The van der Waals surface area contributed by atoms with Gasteiger partial charge in [-0.2, -0.15) is 17.5 Å². The average molecular weight is 559 g/mol. The number of aromatic nitrogens is 2. The number of nitrogens with one attached hydrogen (secondary N) is 1. The van der Waals surface area contributed by atoms with Crippen LogP contribution in [0.4, 0.5) is 22.7 Å². The smallest absolute Gasteiger partial charge is 0.417 e. The molecule has 3 aromatic rings. The van der Waals surface area contributed by atoms with Gasteiger partial charge in [0.25, 0.3) is 10.0 Å². The van der Waals surface area contributed by atoms with Crippen LogP contribution in [-0.4, -0.2) is 52.7 Å². The van der Waals surface area contributed by atoms with Crippen LogP contribution < -0.4 is 9.46 Å². The van der Waals surface area contributed by atoms with Crippen LogP contribution in [0.2, 0.25) is 0 Å². The van der Waals surface area contributed by atoms with Crippen molar-refractivity contribution < 1.29 is 35.8 Å². The predicted molar refractivity (Wildman–Crippen MR) is 126 cm³/mol. The summed E-state index contributed by atoms with van der Waals surface area (Å²) in [7, 11) is -3.98. The molecule has 3 atom stereocenters. The zero-order chi connectivity index (χ0) is 26.4. The average Bonchev–Trinajstić information content (AvgIpc) is 3.35. The summed E-state index contributed by atoms with van der Waals surface area (Å²) in [5, 5.41) is 10.6. The second-order valence-corrected chi connectivity index (χ2v) is 11.5. The molecule has 0 amide bonds. The van der Waals surface area contributed by atoms with Gasteiger partial charge < -0.3 is 9.84 Å². The first-order chi connectivity index (χ1) is 17.5. The van der Waals surface area contributed by atoms with Crippen molar-refractivity contribution in [3.05, 3.63) is 65.7 Å². The highest BCUT2D eigenvalue weighted by atomic mass is 32.2. The van der Waals surface area contributed by atoms with E-state index in [0.717, 1.165) is 11.5 Å². The Morgan fingerprint density at radius 2 is 1.92 bits per heavy atom. The van der Waals surface area contributed by atoms with Crippen LogP contribution >= 0.6 is 11.5 Å². The van der Waals surface area contributed by atoms with E-state index in [2.05, 4.69) is 14.1 Å². The summed E-state index contributed by atoms with van der Waals surface area (Å²) in [5.41, 5.74) is -1.83. The van der Waals surface area contributed by atoms with Gasteiger partial charge in [0, 0.05) is 54.6 Å². The standard InChI is InChI=1S/C23H22F4N4O4S2/c24-15-3-1-14(2-4-15)19-12-22(32,23(25,26)27)8-9-31(19)18-7-10-35-20-11-16(5-6-17(18)20)37(33,34)30-21-28-13-29-36-21/h1-6,11,13,18-19,32H,7-10,12H2,(H,28,29,30)/t18-,19+,22+/m1/s1. The van der Waals surface area contributed by atoms with E-state index in [1.165, 1.54) is 42.7 Å². The minimum Gasteiger partial charge on any atom is -0.493 e. The van der Waals surface area contributed by atoms with Crippen molar-refractivity contribution in [1.29, 1.82) is 0 Å². The summed E-state index contributed by atoms with van der Waals surface area (Å²) in [4.78, 5) is 5.60. The van der Waals surface area contributed by atoms with E-state index in [-0.39, 0.29) is 23.2 Å². The molecule has 3 heterocycles. The maximum atomic E-state index is 13.8. The number of sulfonamides is 1. The van der Waals surface area contributed by atoms with Crippen molar-refractivity contribution in [2.45, 2.75) is 48.0 Å². The van der Waals surface area contributed by atoms with Gasteiger partial charge in [0.1, 0.15) is 17.9 Å². The zero-order valence-corrected chi connectivity index (χ0v) is 20.8. The van der Waals surface area contributed by atoms with E-state index in [1.807, 2.05) is 4.90 Å². The third kappa shape index (κ3) is 5.02. The number of rotatable bonds is 5. The number of anilines is 1. The molecule has 2 aromatic carbocycles. The van der Waals surface area contributed by atoms with Crippen molar-refractivity contribution in [3.8, 4) is 5.75 Å². The fraction of sp³-hybridized carbons (Fsp3) is 0.391. The molecule has 37 heavy (non-hydrogen) atoms. The van der Waals surface area contributed by atoms with Crippen LogP contribution in [0.25, 0.3) is 0 Å². The number of ether oxygens (including phenoxy) is 1. The lowest BCUT2D eigenvalue weighted by molar-refractivity contribution is -0.280. The Hall–Kier alpha value is -2.81. The lowest BCUT2D eigenvalue weighted by Crippen LogP contribution is -2.55. The first kappa shape index (κ1) is 25.8. The number of aliphatic hydroxyl groups is 1. The predicted octanol–water partition coefficient (Wildman–Crippen LogP) is 4.43. The molecule has 1 aromatic heterocycles. The first-order valence-electron chi connectivity index (χ1n) is 11.3. The van der Waals surface area contributed by atoms with E-state index in [9.17, 15) is 31.1 Å². The highest BCUT2D eigenvalue weighted by Crippen LogP contribution is 2.50. The molecule has 2 aliphatic rings. The van der Waals surface area contributed by atoms with Crippen molar-refractivity contribution >= 4 is 26.7 Å². The molecule has 198 valence electrons. The summed E-state index contributed by atoms with van der Waals surface area (Å²) in [5.74, 6) is -0.226. The van der Waals surface area contributed by atoms with Gasteiger partial charge in [-0.25, -0.2) is 17.8 Å². The highest BCUT2D eigenvalue weighted by molar-refractivity contribution is 7.93. The molecule has 14 heteroatoms. The van der Waals surface area contributed by atoms with E-state index >= 15 is 0 Å². The van der Waals surface area contributed by atoms with Crippen LogP contribution in [-0.2, 0) is 10.0 Å². The van der Waals surface area contributed by atoms with Crippen LogP contribution in [0.1, 0.15) is 42.5 Å². The Labute approximate surface area is 214 Å². The topological polar surface area (TPSA) is 105 Å². The van der Waals surface area contributed by atoms with Gasteiger partial charge in [0.05, 0.1) is 11.5 Å². The third-order valence-electron chi connectivity index (χ3n) is 6.78. The zero-order valence-electron chi connectivity index (χ0n) is 19.2. The van der Waals surface area contributed by atoms with Crippen molar-refractivity contribution in [3.63, 3.8) is 0 Å². The maximum Gasteiger partial charge on any atom is 0.417 e. The Balaban J connectivity index is 1.48. The molecule has 0 spiro atoms. The summed E-state index contributed by atoms with van der Waals surface area (Å²) in [6.45, 7) is 0.127. The van der Waals surface area contributed by atoms with Gasteiger partial charge in [-0.3, -0.25) is 9.62 Å². The van der Waals surface area contributed by atoms with Crippen LogP contribution in [0.3, 0.4) is 0 Å². The number of piperidine rings is 1. The molecule has 0 unspecified atom stereocenters. The Bertz CT molecular complexity index is 1370. The molecule has 2 aliphatic heterocycles. The van der Waals surface area contributed by atoms with Gasteiger partial charge in [-0.1, -0.05) is 18.2 Å². The van der Waals surface area contributed by atoms with Gasteiger partial charge >= 0.3 is 6.18 Å². The molecule has 0 aliphatic carbocycles. The summed E-state index contributed by atoms with van der Waals surface area (Å²) >= 11 is 0.880. The van der Waals surface area contributed by atoms with Crippen LogP contribution in [0, 0.1) is 5.82 Å². The molecular weight excluding hydrogens is 536 g/mol. The lowest BCUT2D eigenvalue weighted by atomic mass is 9.81. The number of nitrogens with zero attached hydrogens (tertiary/aromatic N) is 3. The van der Waals surface area contributed by atoms with Crippen molar-refractivity contribution in [2.24, 2.45) is 0 Å². The van der Waals surface area contributed by atoms with Crippen molar-refractivity contribution in [1.82, 2.24) is 14.3 Å². The monoisotopic (exact) mass is 558 g/mol. The highest BCUT2D eigenvalue weighted by Gasteiger charge is 2.57. The van der Waals surface area contributed by atoms with Gasteiger partial charge in [-0.05, 0) is 30.2 Å². The SMILES string of the molecule is O=S(=O)(Nc1ncns1)c1ccc2c(c1)OCC[C@H]2N1CC[C@@](O)(C(F)(F)F)C[C@H]1c1ccc(F)cc1. The van der Waals surface area contributed by atoms with Crippen LogP contribution in [0.5, 0.6) is 5.75 Å². The Kier molecular flexibility index (Phi) is 6.63. The van der Waals surface area contributed by atoms with Crippen molar-refractivity contribution in [2.75, 3.05) is 17.9 Å². The fourth-order valence-corrected chi connectivity index (χ4v) is 6.56. The molecule has 0 bridgehead atoms. The largest absolute Gasteiger partial charge is 0.493 e. The molecular formula is C23H22F4N4O4S2. The molecule has 8 nitrogen and oxygen atoms in total. The van der Waals surface area contributed by atoms with E-state index < -0.39 is 52.5 Å². The molecule has 1 fully saturated rings. The lowest BCUT2D eigenvalue weighted by Gasteiger charge is -2.48. The number of hydrogen-bond acceptors (Lipinski definition) is 8. The number of benzene rings is 2. The quantitative estimate of drug-likeness (QED) is 0.447. The summed E-state index contributed by atoms with van der Waals surface area (Å²) in [6.07, 6.45) is -4.32. The van der Waals surface area contributed by atoms with E-state index in [1.54, 1.807) is 6.07 Å². The molecule has 1 saturated heterocycles. The first-order valence-corrected chi connectivity index (χ1v) is 13.6. The second-order valence-electron chi connectivity index (χ2n) is 8.99. The fourth-order valence-electron chi connectivity index (χ4n) is 4.89. The van der Waals surface area contributed by atoms with E-state index in [4.69, 9.17) is 4.74 Å².